The zero-order valence-corrected chi connectivity index (χ0v) is 18.7. The van der Waals surface area contributed by atoms with Crippen LogP contribution in [0.3, 0.4) is 0 Å². The van der Waals surface area contributed by atoms with Crippen LogP contribution >= 0.6 is 11.3 Å². The molecule has 0 bridgehead atoms. The van der Waals surface area contributed by atoms with E-state index < -0.39 is 11.0 Å². The van der Waals surface area contributed by atoms with Crippen LogP contribution in [0.2, 0.25) is 0 Å². The van der Waals surface area contributed by atoms with Crippen LogP contribution in [0.5, 0.6) is 0 Å². The van der Waals surface area contributed by atoms with E-state index in [1.54, 1.807) is 11.3 Å². The van der Waals surface area contributed by atoms with E-state index in [2.05, 4.69) is 15.9 Å². The summed E-state index contributed by atoms with van der Waals surface area (Å²) in [6.07, 6.45) is 5.84. The highest BCUT2D eigenvalue weighted by Gasteiger charge is 2.55. The van der Waals surface area contributed by atoms with Gasteiger partial charge in [0.25, 0.3) is 5.91 Å². The number of cyclic esters (lactones) is 1. The second kappa shape index (κ2) is 7.34. The summed E-state index contributed by atoms with van der Waals surface area (Å²) in [6.45, 7) is 6.45. The first kappa shape index (κ1) is 20.0. The SMILES string of the molecule is CC1(C)CC2(CCCN(C3CCCCN3C(=O)c3csc4ccccc34)C2)C(=O)O1. The summed E-state index contributed by atoms with van der Waals surface area (Å²) in [6, 6.07) is 8.14. The summed E-state index contributed by atoms with van der Waals surface area (Å²) in [5.74, 6) is 0.0841. The fourth-order valence-electron chi connectivity index (χ4n) is 5.84. The highest BCUT2D eigenvalue weighted by Crippen LogP contribution is 2.47. The fraction of sp³-hybridized carbons (Fsp3) is 0.583. The Bertz CT molecular complexity index is 984. The lowest BCUT2D eigenvalue weighted by Crippen LogP contribution is -2.58. The first-order chi connectivity index (χ1) is 14.4. The van der Waals surface area contributed by atoms with E-state index >= 15 is 0 Å². The molecule has 3 saturated heterocycles. The van der Waals surface area contributed by atoms with Crippen molar-refractivity contribution in [3.63, 3.8) is 0 Å². The predicted molar refractivity (Wildman–Crippen MR) is 119 cm³/mol. The number of benzene rings is 1. The van der Waals surface area contributed by atoms with Gasteiger partial charge in [-0.25, -0.2) is 0 Å². The lowest BCUT2D eigenvalue weighted by molar-refractivity contribution is -0.155. The van der Waals surface area contributed by atoms with Gasteiger partial charge in [0.15, 0.2) is 0 Å². The molecular formula is C24H30N2O3S. The molecule has 5 rings (SSSR count). The normalized spacial score (nSPS) is 29.5. The van der Waals surface area contributed by atoms with Crippen molar-refractivity contribution in [2.75, 3.05) is 19.6 Å². The Kier molecular flexibility index (Phi) is 4.90. The molecule has 1 amide bonds. The molecule has 1 spiro atoms. The number of esters is 1. The molecule has 2 unspecified atom stereocenters. The zero-order chi connectivity index (χ0) is 20.9. The van der Waals surface area contributed by atoms with Gasteiger partial charge in [-0.15, -0.1) is 11.3 Å². The zero-order valence-electron chi connectivity index (χ0n) is 17.9. The second-order valence-corrected chi connectivity index (χ2v) is 10.7. The molecule has 0 saturated carbocycles. The Morgan fingerprint density at radius 2 is 2.00 bits per heavy atom. The largest absolute Gasteiger partial charge is 0.459 e. The van der Waals surface area contributed by atoms with Crippen molar-refractivity contribution in [3.8, 4) is 0 Å². The van der Waals surface area contributed by atoms with Gasteiger partial charge < -0.3 is 9.64 Å². The fourth-order valence-corrected chi connectivity index (χ4v) is 6.78. The standard InChI is InChI=1S/C24H30N2O3S/c1-23(2)15-24(22(28)29-23)11-7-12-25(16-24)20-10-5-6-13-26(20)21(27)18-14-30-19-9-4-3-8-17(18)19/h3-4,8-9,14,20H,5-7,10-13,15-16H2,1-2H3. The number of piperidine rings is 2. The van der Waals surface area contributed by atoms with Crippen molar-refractivity contribution in [1.82, 2.24) is 9.80 Å². The number of fused-ring (bicyclic) bond motifs is 1. The number of nitrogens with zero attached hydrogens (tertiary/aromatic N) is 2. The molecule has 1 aromatic carbocycles. The van der Waals surface area contributed by atoms with E-state index in [9.17, 15) is 9.59 Å². The molecule has 2 atom stereocenters. The number of thiophene rings is 1. The molecule has 2 aromatic rings. The van der Waals surface area contributed by atoms with E-state index in [0.29, 0.717) is 6.54 Å². The van der Waals surface area contributed by atoms with Crippen LogP contribution in [0.4, 0.5) is 0 Å². The third-order valence-corrected chi connectivity index (χ3v) is 8.00. The molecule has 0 aliphatic carbocycles. The van der Waals surface area contributed by atoms with Crippen molar-refractivity contribution in [1.29, 1.82) is 0 Å². The topological polar surface area (TPSA) is 49.9 Å². The Hall–Kier alpha value is -1.92. The van der Waals surface area contributed by atoms with Crippen LogP contribution < -0.4 is 0 Å². The number of rotatable bonds is 2. The highest BCUT2D eigenvalue weighted by molar-refractivity contribution is 7.17. The molecule has 3 aliphatic heterocycles. The van der Waals surface area contributed by atoms with Crippen molar-refractivity contribution in [2.24, 2.45) is 5.41 Å². The van der Waals surface area contributed by atoms with E-state index in [-0.39, 0.29) is 18.0 Å². The molecular weight excluding hydrogens is 396 g/mol. The van der Waals surface area contributed by atoms with Crippen LogP contribution in [-0.2, 0) is 9.53 Å². The predicted octanol–water partition coefficient (Wildman–Crippen LogP) is 4.66. The van der Waals surface area contributed by atoms with Crippen LogP contribution in [0.1, 0.15) is 62.7 Å². The maximum absolute atomic E-state index is 13.6. The number of ether oxygens (including phenoxy) is 1. The third-order valence-electron chi connectivity index (χ3n) is 7.04. The van der Waals surface area contributed by atoms with Crippen LogP contribution in [0.15, 0.2) is 29.6 Å². The van der Waals surface area contributed by atoms with E-state index in [4.69, 9.17) is 4.74 Å². The van der Waals surface area contributed by atoms with Gasteiger partial charge in [0, 0.05) is 41.5 Å². The summed E-state index contributed by atoms with van der Waals surface area (Å²) in [5, 5.41) is 3.06. The number of likely N-dealkylation sites (tertiary alicyclic amines) is 2. The summed E-state index contributed by atoms with van der Waals surface area (Å²) in [5.41, 5.74) is 0.0106. The summed E-state index contributed by atoms with van der Waals surface area (Å²) < 4.78 is 6.87. The average molecular weight is 427 g/mol. The van der Waals surface area contributed by atoms with Crippen molar-refractivity contribution >= 4 is 33.3 Å². The minimum Gasteiger partial charge on any atom is -0.459 e. The Morgan fingerprint density at radius 3 is 2.80 bits per heavy atom. The number of amides is 1. The smallest absolute Gasteiger partial charge is 0.314 e. The molecule has 0 N–H and O–H groups in total. The summed E-state index contributed by atoms with van der Waals surface area (Å²) in [7, 11) is 0. The Morgan fingerprint density at radius 1 is 1.17 bits per heavy atom. The van der Waals surface area contributed by atoms with Gasteiger partial charge in [-0.3, -0.25) is 14.5 Å². The molecule has 4 heterocycles. The van der Waals surface area contributed by atoms with E-state index in [1.165, 1.54) is 0 Å². The monoisotopic (exact) mass is 426 g/mol. The van der Waals surface area contributed by atoms with Gasteiger partial charge in [-0.05, 0) is 52.0 Å². The summed E-state index contributed by atoms with van der Waals surface area (Å²) in [4.78, 5) is 30.9. The maximum atomic E-state index is 13.6. The number of carbonyl (C=O) groups excluding carboxylic acids is 2. The summed E-state index contributed by atoms with van der Waals surface area (Å²) >= 11 is 1.64. The quantitative estimate of drug-likeness (QED) is 0.656. The van der Waals surface area contributed by atoms with Gasteiger partial charge in [0.05, 0.1) is 17.1 Å². The van der Waals surface area contributed by atoms with Crippen molar-refractivity contribution in [3.05, 3.63) is 35.2 Å². The molecule has 1 aromatic heterocycles. The van der Waals surface area contributed by atoms with E-state index in [1.807, 2.05) is 37.4 Å². The van der Waals surface area contributed by atoms with Crippen LogP contribution in [0.25, 0.3) is 10.1 Å². The second-order valence-electron chi connectivity index (χ2n) is 9.80. The maximum Gasteiger partial charge on any atom is 0.314 e. The van der Waals surface area contributed by atoms with Crippen molar-refractivity contribution < 1.29 is 14.3 Å². The number of hydrogen-bond acceptors (Lipinski definition) is 5. The van der Waals surface area contributed by atoms with Crippen molar-refractivity contribution in [2.45, 2.75) is 64.1 Å². The van der Waals surface area contributed by atoms with Gasteiger partial charge in [0.1, 0.15) is 5.60 Å². The molecule has 3 fully saturated rings. The Labute approximate surface area is 182 Å². The molecule has 5 nitrogen and oxygen atoms in total. The number of carbonyl (C=O) groups is 2. The van der Waals surface area contributed by atoms with Crippen LogP contribution in [0, 0.1) is 5.41 Å². The minimum atomic E-state index is -0.414. The van der Waals surface area contributed by atoms with Gasteiger partial charge in [0.2, 0.25) is 0 Å². The van der Waals surface area contributed by atoms with E-state index in [0.717, 1.165) is 67.3 Å². The van der Waals surface area contributed by atoms with Gasteiger partial charge in [-0.2, -0.15) is 0 Å². The van der Waals surface area contributed by atoms with Crippen LogP contribution in [-0.4, -0.2) is 53.1 Å². The lowest BCUT2D eigenvalue weighted by atomic mass is 9.75. The van der Waals surface area contributed by atoms with Gasteiger partial charge >= 0.3 is 5.97 Å². The van der Waals surface area contributed by atoms with Gasteiger partial charge in [-0.1, -0.05) is 18.2 Å². The minimum absolute atomic E-state index is 0.0466. The third kappa shape index (κ3) is 3.34. The lowest BCUT2D eigenvalue weighted by Gasteiger charge is -2.47. The molecule has 0 radical (unpaired) electrons. The Balaban J connectivity index is 1.41. The molecule has 160 valence electrons. The molecule has 30 heavy (non-hydrogen) atoms. The highest BCUT2D eigenvalue weighted by atomic mass is 32.1. The molecule has 6 heteroatoms. The number of hydrogen-bond donors (Lipinski definition) is 0. The average Bonchev–Trinajstić information content (AvgIpc) is 3.25. The first-order valence-corrected chi connectivity index (χ1v) is 12.0. The first-order valence-electron chi connectivity index (χ1n) is 11.1. The molecule has 3 aliphatic rings.